The fourth-order valence-corrected chi connectivity index (χ4v) is 3.88. The highest BCUT2D eigenvalue weighted by atomic mass is 127. The first kappa shape index (κ1) is 23.6. The molecule has 1 aliphatic heterocycles. The number of ether oxygens (including phenoxy) is 1. The predicted molar refractivity (Wildman–Crippen MR) is 128 cm³/mol. The zero-order valence-electron chi connectivity index (χ0n) is 17.2. The third kappa shape index (κ3) is 6.15. The van der Waals surface area contributed by atoms with Crippen LogP contribution in [0.3, 0.4) is 0 Å². The van der Waals surface area contributed by atoms with Crippen LogP contribution in [0.1, 0.15) is 36.5 Å². The second-order valence-electron chi connectivity index (χ2n) is 7.30. The Kier molecular flexibility index (Phi) is 9.36. The van der Waals surface area contributed by atoms with Crippen molar-refractivity contribution in [1.29, 1.82) is 0 Å². The van der Waals surface area contributed by atoms with E-state index in [1.54, 1.807) is 19.2 Å². The number of aliphatic imine (C=N–C) groups is 1. The zero-order valence-corrected chi connectivity index (χ0v) is 19.5. The van der Waals surface area contributed by atoms with Gasteiger partial charge in [0.15, 0.2) is 5.96 Å². The molecule has 0 spiro atoms. The summed E-state index contributed by atoms with van der Waals surface area (Å²) in [7, 11) is 1.78. The molecule has 2 aromatic rings. The summed E-state index contributed by atoms with van der Waals surface area (Å²) in [5.74, 6) is 0.565. The largest absolute Gasteiger partial charge is 0.381 e. The van der Waals surface area contributed by atoms with Crippen LogP contribution in [0.5, 0.6) is 0 Å². The third-order valence-electron chi connectivity index (χ3n) is 5.65. The van der Waals surface area contributed by atoms with E-state index >= 15 is 0 Å². The molecular formula is C23H31FIN3O. The second kappa shape index (κ2) is 11.5. The summed E-state index contributed by atoms with van der Waals surface area (Å²) in [5.41, 5.74) is 3.49. The van der Waals surface area contributed by atoms with Gasteiger partial charge in [0.05, 0.1) is 0 Å². The SMILES string of the molecule is CCc1ccccc1CNC(=NC)NCC1(c2cccc(F)c2)CCOCC1.I. The molecule has 0 aliphatic carbocycles. The number of hydrogen-bond donors (Lipinski definition) is 2. The van der Waals surface area contributed by atoms with Crippen LogP contribution >= 0.6 is 24.0 Å². The van der Waals surface area contributed by atoms with Gasteiger partial charge in [-0.05, 0) is 48.1 Å². The number of rotatable bonds is 6. The molecule has 29 heavy (non-hydrogen) atoms. The van der Waals surface area contributed by atoms with Crippen LogP contribution in [0.2, 0.25) is 0 Å². The maximum Gasteiger partial charge on any atom is 0.191 e. The maximum atomic E-state index is 13.8. The summed E-state index contributed by atoms with van der Waals surface area (Å²) >= 11 is 0. The van der Waals surface area contributed by atoms with Crippen molar-refractivity contribution in [3.05, 3.63) is 71.0 Å². The minimum Gasteiger partial charge on any atom is -0.381 e. The van der Waals surface area contributed by atoms with Gasteiger partial charge >= 0.3 is 0 Å². The van der Waals surface area contributed by atoms with Crippen LogP contribution < -0.4 is 10.6 Å². The normalized spacial score (nSPS) is 16.0. The molecule has 1 fully saturated rings. The van der Waals surface area contributed by atoms with E-state index in [0.717, 1.165) is 37.3 Å². The van der Waals surface area contributed by atoms with E-state index in [2.05, 4.69) is 46.8 Å². The predicted octanol–water partition coefficient (Wildman–Crippen LogP) is 4.42. The fraction of sp³-hybridized carbons (Fsp3) is 0.435. The minimum absolute atomic E-state index is 0. The third-order valence-corrected chi connectivity index (χ3v) is 5.65. The Morgan fingerprint density at radius 2 is 1.79 bits per heavy atom. The van der Waals surface area contributed by atoms with E-state index in [0.29, 0.717) is 19.8 Å². The number of benzene rings is 2. The molecule has 6 heteroatoms. The first-order valence-electron chi connectivity index (χ1n) is 10.0. The molecule has 1 aliphatic rings. The summed E-state index contributed by atoms with van der Waals surface area (Å²) in [6, 6.07) is 15.4. The van der Waals surface area contributed by atoms with Crippen LogP contribution in [0.15, 0.2) is 53.5 Å². The maximum absolute atomic E-state index is 13.8. The van der Waals surface area contributed by atoms with Gasteiger partial charge in [-0.1, -0.05) is 43.3 Å². The highest BCUT2D eigenvalue weighted by Crippen LogP contribution is 2.34. The molecule has 158 valence electrons. The van der Waals surface area contributed by atoms with Crippen LogP contribution in [0.4, 0.5) is 4.39 Å². The molecule has 0 radical (unpaired) electrons. The Labute approximate surface area is 190 Å². The lowest BCUT2D eigenvalue weighted by Crippen LogP contribution is -2.48. The summed E-state index contributed by atoms with van der Waals surface area (Å²) in [6.45, 7) is 4.96. The number of nitrogens with zero attached hydrogens (tertiary/aromatic N) is 1. The van der Waals surface area contributed by atoms with Crippen LogP contribution in [-0.2, 0) is 23.1 Å². The molecule has 0 atom stereocenters. The summed E-state index contributed by atoms with van der Waals surface area (Å²) in [4.78, 5) is 4.37. The number of halogens is 2. The Balaban J connectivity index is 0.00000300. The standard InChI is InChI=1S/C23H30FN3O.HI/c1-3-18-7-4-5-8-19(18)16-26-22(25-2)27-17-23(11-13-28-14-12-23)20-9-6-10-21(24)15-20;/h4-10,15H,3,11-14,16-17H2,1-2H3,(H2,25,26,27);1H. The van der Waals surface area contributed by atoms with Crippen LogP contribution in [0.25, 0.3) is 0 Å². The number of guanidine groups is 1. The van der Waals surface area contributed by atoms with Gasteiger partial charge in [0.25, 0.3) is 0 Å². The van der Waals surface area contributed by atoms with Crippen LogP contribution in [0, 0.1) is 5.82 Å². The minimum atomic E-state index is -0.193. The Bertz CT molecular complexity index is 806. The van der Waals surface area contributed by atoms with Gasteiger partial charge < -0.3 is 15.4 Å². The Morgan fingerprint density at radius 1 is 1.07 bits per heavy atom. The molecule has 1 saturated heterocycles. The number of nitrogens with one attached hydrogen (secondary N) is 2. The van der Waals surface area contributed by atoms with Gasteiger partial charge in [-0.3, -0.25) is 4.99 Å². The lowest BCUT2D eigenvalue weighted by atomic mass is 9.74. The highest BCUT2D eigenvalue weighted by molar-refractivity contribution is 14.0. The highest BCUT2D eigenvalue weighted by Gasteiger charge is 2.34. The van der Waals surface area contributed by atoms with E-state index in [1.807, 2.05) is 6.07 Å². The first-order valence-corrected chi connectivity index (χ1v) is 10.0. The average Bonchev–Trinajstić information content (AvgIpc) is 2.75. The second-order valence-corrected chi connectivity index (χ2v) is 7.30. The van der Waals surface area contributed by atoms with Gasteiger partial charge in [-0.25, -0.2) is 4.39 Å². The van der Waals surface area contributed by atoms with Crippen LogP contribution in [-0.4, -0.2) is 32.8 Å². The summed E-state index contributed by atoms with van der Waals surface area (Å²) < 4.78 is 19.4. The Morgan fingerprint density at radius 3 is 2.45 bits per heavy atom. The van der Waals surface area contributed by atoms with Crippen molar-refractivity contribution in [3.8, 4) is 0 Å². The van der Waals surface area contributed by atoms with Gasteiger partial charge in [0.1, 0.15) is 5.82 Å². The molecule has 1 heterocycles. The first-order chi connectivity index (χ1) is 13.7. The molecule has 3 rings (SSSR count). The van der Waals surface area contributed by atoms with Crippen molar-refractivity contribution in [1.82, 2.24) is 10.6 Å². The van der Waals surface area contributed by atoms with Gasteiger partial charge in [0.2, 0.25) is 0 Å². The average molecular weight is 511 g/mol. The Hall–Kier alpha value is -1.67. The molecule has 2 N–H and O–H groups in total. The van der Waals surface area contributed by atoms with E-state index in [1.165, 1.54) is 17.2 Å². The van der Waals surface area contributed by atoms with Crippen molar-refractivity contribution in [2.45, 2.75) is 38.1 Å². The lowest BCUT2D eigenvalue weighted by Gasteiger charge is -2.38. The monoisotopic (exact) mass is 511 g/mol. The summed E-state index contributed by atoms with van der Waals surface area (Å²) in [5, 5.41) is 6.88. The summed E-state index contributed by atoms with van der Waals surface area (Å²) in [6.07, 6.45) is 2.73. The quantitative estimate of drug-likeness (QED) is 0.343. The fourth-order valence-electron chi connectivity index (χ4n) is 3.88. The topological polar surface area (TPSA) is 45.7 Å². The van der Waals surface area contributed by atoms with Gasteiger partial charge in [-0.2, -0.15) is 0 Å². The van der Waals surface area contributed by atoms with E-state index in [9.17, 15) is 4.39 Å². The van der Waals surface area contributed by atoms with Gasteiger partial charge in [-0.15, -0.1) is 24.0 Å². The lowest BCUT2D eigenvalue weighted by molar-refractivity contribution is 0.0513. The molecule has 0 aromatic heterocycles. The van der Waals surface area contributed by atoms with Crippen molar-refractivity contribution < 1.29 is 9.13 Å². The van der Waals surface area contributed by atoms with E-state index in [-0.39, 0.29) is 35.2 Å². The van der Waals surface area contributed by atoms with Crippen molar-refractivity contribution in [3.63, 3.8) is 0 Å². The number of aryl methyl sites for hydroxylation is 1. The molecule has 4 nitrogen and oxygen atoms in total. The molecule has 0 unspecified atom stereocenters. The van der Waals surface area contributed by atoms with Gasteiger partial charge in [0, 0.05) is 38.8 Å². The smallest absolute Gasteiger partial charge is 0.191 e. The van der Waals surface area contributed by atoms with Crippen molar-refractivity contribution >= 4 is 29.9 Å². The van der Waals surface area contributed by atoms with Crippen molar-refractivity contribution in [2.75, 3.05) is 26.8 Å². The molecular weight excluding hydrogens is 480 g/mol. The van der Waals surface area contributed by atoms with E-state index < -0.39 is 0 Å². The number of hydrogen-bond acceptors (Lipinski definition) is 2. The van der Waals surface area contributed by atoms with E-state index in [4.69, 9.17) is 4.74 Å². The molecule has 0 saturated carbocycles. The molecule has 2 aromatic carbocycles. The molecule has 0 bridgehead atoms. The van der Waals surface area contributed by atoms with Crippen molar-refractivity contribution in [2.24, 2.45) is 4.99 Å². The molecule has 0 amide bonds. The zero-order chi connectivity index (χ0) is 19.8.